The number of halogens is 2. The van der Waals surface area contributed by atoms with Gasteiger partial charge in [-0.3, -0.25) is 9.78 Å². The molecule has 142 valence electrons. The molecule has 0 aliphatic heterocycles. The Morgan fingerprint density at radius 2 is 2.00 bits per heavy atom. The van der Waals surface area contributed by atoms with Crippen molar-refractivity contribution in [2.45, 2.75) is 26.3 Å². The van der Waals surface area contributed by atoms with Crippen LogP contribution in [-0.4, -0.2) is 28.3 Å². The van der Waals surface area contributed by atoms with Crippen molar-refractivity contribution in [3.63, 3.8) is 0 Å². The molecule has 0 atom stereocenters. The lowest BCUT2D eigenvalue weighted by molar-refractivity contribution is 0.153. The van der Waals surface area contributed by atoms with Gasteiger partial charge in [-0.2, -0.15) is 0 Å². The number of methoxy groups -OCH3 is 1. The first-order valence-electron chi connectivity index (χ1n) is 8.50. The Labute approximate surface area is 159 Å². The molecule has 27 heavy (non-hydrogen) atoms. The summed E-state index contributed by atoms with van der Waals surface area (Å²) in [7, 11) is 1.52. The van der Waals surface area contributed by atoms with Crippen LogP contribution < -0.4 is 5.56 Å². The van der Waals surface area contributed by atoms with E-state index in [0.29, 0.717) is 17.9 Å². The molecule has 0 bridgehead atoms. The van der Waals surface area contributed by atoms with Gasteiger partial charge in [-0.25, -0.2) is 13.8 Å². The van der Waals surface area contributed by atoms with Crippen molar-refractivity contribution in [1.82, 2.24) is 14.5 Å². The van der Waals surface area contributed by atoms with Crippen LogP contribution in [0.4, 0.5) is 8.78 Å². The fourth-order valence-corrected chi connectivity index (χ4v) is 3.19. The molecule has 8 heteroatoms. The zero-order valence-electron chi connectivity index (χ0n) is 15.0. The topological polar surface area (TPSA) is 59.9 Å². The average molecular weight is 391 g/mol. The Morgan fingerprint density at radius 3 is 2.59 bits per heavy atom. The molecule has 1 N–H and O–H groups in total. The minimum Gasteiger partial charge on any atom is -0.383 e. The van der Waals surface area contributed by atoms with E-state index in [4.69, 9.17) is 17.0 Å². The van der Waals surface area contributed by atoms with Crippen LogP contribution in [0.25, 0.3) is 22.3 Å². The summed E-state index contributed by atoms with van der Waals surface area (Å²) in [5.74, 6) is 0. The Bertz CT molecular complexity index is 1080. The first kappa shape index (κ1) is 19.3. The van der Waals surface area contributed by atoms with Crippen molar-refractivity contribution in [3.8, 4) is 11.3 Å². The SMILES string of the molecule is CCc1ccc(-c2cc(C(F)F)c3c(=O)[nH]c(=S)n(CCOC)c3n2)cc1. The van der Waals surface area contributed by atoms with Crippen LogP contribution in [0.3, 0.4) is 0 Å². The van der Waals surface area contributed by atoms with Crippen molar-refractivity contribution in [3.05, 3.63) is 56.6 Å². The van der Waals surface area contributed by atoms with Gasteiger partial charge >= 0.3 is 0 Å². The second-order valence-corrected chi connectivity index (χ2v) is 6.44. The maximum atomic E-state index is 13.7. The number of pyridine rings is 1. The van der Waals surface area contributed by atoms with Crippen LogP contribution in [0.2, 0.25) is 0 Å². The maximum absolute atomic E-state index is 13.7. The number of rotatable bonds is 6. The molecule has 0 radical (unpaired) electrons. The van der Waals surface area contributed by atoms with E-state index in [0.717, 1.165) is 12.0 Å². The number of alkyl halides is 2. The highest BCUT2D eigenvalue weighted by Gasteiger charge is 2.20. The Hall–Kier alpha value is -2.45. The third-order valence-electron chi connectivity index (χ3n) is 4.39. The van der Waals surface area contributed by atoms with E-state index < -0.39 is 12.0 Å². The van der Waals surface area contributed by atoms with E-state index >= 15 is 0 Å². The lowest BCUT2D eigenvalue weighted by Crippen LogP contribution is -2.19. The first-order chi connectivity index (χ1) is 13.0. The molecule has 0 aliphatic rings. The summed E-state index contributed by atoms with van der Waals surface area (Å²) < 4.78 is 34.2. The van der Waals surface area contributed by atoms with E-state index in [-0.39, 0.29) is 27.9 Å². The molecule has 5 nitrogen and oxygen atoms in total. The highest BCUT2D eigenvalue weighted by molar-refractivity contribution is 7.71. The number of benzene rings is 1. The van der Waals surface area contributed by atoms with Crippen molar-refractivity contribution in [1.29, 1.82) is 0 Å². The van der Waals surface area contributed by atoms with Gasteiger partial charge in [0.15, 0.2) is 4.77 Å². The fraction of sp³-hybridized carbons (Fsp3) is 0.316. The number of aromatic amines is 1. The molecule has 2 heterocycles. The molecule has 0 amide bonds. The molecule has 0 aliphatic carbocycles. The number of hydrogen-bond acceptors (Lipinski definition) is 4. The Balaban J connectivity index is 2.33. The fourth-order valence-electron chi connectivity index (χ4n) is 2.92. The summed E-state index contributed by atoms with van der Waals surface area (Å²) in [5, 5.41) is -0.149. The third-order valence-corrected chi connectivity index (χ3v) is 4.71. The summed E-state index contributed by atoms with van der Waals surface area (Å²) in [6, 6.07) is 8.80. The van der Waals surface area contributed by atoms with E-state index in [1.807, 2.05) is 31.2 Å². The Kier molecular flexibility index (Phi) is 5.76. The summed E-state index contributed by atoms with van der Waals surface area (Å²) in [5.41, 5.74) is 1.30. The second-order valence-electron chi connectivity index (χ2n) is 6.05. The summed E-state index contributed by atoms with van der Waals surface area (Å²) in [6.07, 6.45) is -1.95. The van der Waals surface area contributed by atoms with Crippen molar-refractivity contribution >= 4 is 23.3 Å². The predicted molar refractivity (Wildman–Crippen MR) is 103 cm³/mol. The minimum atomic E-state index is -2.82. The number of nitrogens with zero attached hydrogens (tertiary/aromatic N) is 2. The van der Waals surface area contributed by atoms with E-state index in [9.17, 15) is 13.6 Å². The number of aryl methyl sites for hydroxylation is 1. The average Bonchev–Trinajstić information content (AvgIpc) is 2.66. The Morgan fingerprint density at radius 1 is 1.30 bits per heavy atom. The number of aromatic nitrogens is 3. The summed E-state index contributed by atoms with van der Waals surface area (Å²) in [6.45, 7) is 2.63. The second kappa shape index (κ2) is 8.06. The molecular weight excluding hydrogens is 372 g/mol. The first-order valence-corrected chi connectivity index (χ1v) is 8.91. The minimum absolute atomic E-state index is 0.121. The normalized spacial score (nSPS) is 11.4. The number of hydrogen-bond donors (Lipinski definition) is 1. The predicted octanol–water partition coefficient (Wildman–Crippen LogP) is 4.27. The zero-order valence-corrected chi connectivity index (χ0v) is 15.8. The van der Waals surface area contributed by atoms with E-state index in [2.05, 4.69) is 9.97 Å². The van der Waals surface area contributed by atoms with Crippen LogP contribution in [0.1, 0.15) is 24.5 Å². The molecule has 0 fully saturated rings. The lowest BCUT2D eigenvalue weighted by atomic mass is 10.0. The lowest BCUT2D eigenvalue weighted by Gasteiger charge is -2.14. The van der Waals surface area contributed by atoms with Gasteiger partial charge in [0.2, 0.25) is 0 Å². The molecule has 3 rings (SSSR count). The standard InChI is InChI=1S/C19H19F2N3O2S/c1-3-11-4-6-12(7-5-11)14-10-13(16(20)21)15-17(22-14)24(8-9-26-2)19(27)23-18(15)25/h4-7,10,16H,3,8-9H2,1-2H3,(H,23,25,27). The molecule has 0 saturated carbocycles. The van der Waals surface area contributed by atoms with Crippen LogP contribution in [0, 0.1) is 4.77 Å². The number of H-pyrrole nitrogens is 1. The van der Waals surface area contributed by atoms with E-state index in [1.54, 1.807) is 0 Å². The highest BCUT2D eigenvalue weighted by Crippen LogP contribution is 2.29. The van der Waals surface area contributed by atoms with Crippen LogP contribution in [0.5, 0.6) is 0 Å². The molecule has 1 aromatic carbocycles. The van der Waals surface area contributed by atoms with E-state index in [1.165, 1.54) is 17.7 Å². The number of fused-ring (bicyclic) bond motifs is 1. The largest absolute Gasteiger partial charge is 0.383 e. The van der Waals surface area contributed by atoms with Crippen molar-refractivity contribution < 1.29 is 13.5 Å². The summed E-state index contributed by atoms with van der Waals surface area (Å²) in [4.78, 5) is 19.3. The number of nitrogens with one attached hydrogen (secondary N) is 1. The molecule has 0 unspecified atom stereocenters. The molecular formula is C19H19F2N3O2S. The van der Waals surface area contributed by atoms with Gasteiger partial charge in [0.1, 0.15) is 5.65 Å². The monoisotopic (exact) mass is 391 g/mol. The van der Waals surface area contributed by atoms with Gasteiger partial charge in [-0.15, -0.1) is 0 Å². The molecule has 2 aromatic heterocycles. The summed E-state index contributed by atoms with van der Waals surface area (Å²) >= 11 is 5.21. The zero-order chi connectivity index (χ0) is 19.6. The van der Waals surface area contributed by atoms with Crippen LogP contribution >= 0.6 is 12.2 Å². The molecule has 3 aromatic rings. The third kappa shape index (κ3) is 3.81. The molecule has 0 saturated heterocycles. The maximum Gasteiger partial charge on any atom is 0.264 e. The van der Waals surface area contributed by atoms with Crippen molar-refractivity contribution in [2.24, 2.45) is 0 Å². The van der Waals surface area contributed by atoms with Gasteiger partial charge in [-0.1, -0.05) is 31.2 Å². The van der Waals surface area contributed by atoms with Crippen LogP contribution in [0.15, 0.2) is 35.1 Å². The van der Waals surface area contributed by atoms with Gasteiger partial charge in [0, 0.05) is 18.2 Å². The number of ether oxygens (including phenoxy) is 1. The smallest absolute Gasteiger partial charge is 0.264 e. The van der Waals surface area contributed by atoms with Gasteiger partial charge in [0.25, 0.3) is 12.0 Å². The van der Waals surface area contributed by atoms with Gasteiger partial charge in [-0.05, 0) is 30.3 Å². The van der Waals surface area contributed by atoms with Gasteiger partial charge in [0.05, 0.1) is 24.2 Å². The van der Waals surface area contributed by atoms with Gasteiger partial charge < -0.3 is 9.30 Å². The molecule has 0 spiro atoms. The quantitative estimate of drug-likeness (QED) is 0.638. The van der Waals surface area contributed by atoms with Crippen molar-refractivity contribution in [2.75, 3.05) is 13.7 Å². The highest BCUT2D eigenvalue weighted by atomic mass is 32.1. The van der Waals surface area contributed by atoms with Crippen LogP contribution in [-0.2, 0) is 17.7 Å².